The van der Waals surface area contributed by atoms with E-state index >= 15 is 0 Å². The number of rotatable bonds is 8. The zero-order valence-corrected chi connectivity index (χ0v) is 13.4. The van der Waals surface area contributed by atoms with E-state index in [1.54, 1.807) is 0 Å². The fourth-order valence-electron chi connectivity index (χ4n) is 2.97. The van der Waals surface area contributed by atoms with E-state index < -0.39 is 0 Å². The lowest BCUT2D eigenvalue weighted by Crippen LogP contribution is -2.31. The predicted molar refractivity (Wildman–Crippen MR) is 86.0 cm³/mol. The van der Waals surface area contributed by atoms with E-state index in [1.165, 1.54) is 36.8 Å². The molecule has 0 amide bonds. The van der Waals surface area contributed by atoms with Gasteiger partial charge in [0.25, 0.3) is 0 Å². The average Bonchev–Trinajstić information content (AvgIpc) is 2.87. The van der Waals surface area contributed by atoms with Crippen LogP contribution < -0.4 is 10.1 Å². The minimum absolute atomic E-state index is 0.526. The van der Waals surface area contributed by atoms with Crippen molar-refractivity contribution in [2.75, 3.05) is 13.2 Å². The standard InChI is InChI=1S/C17H26ClNO/c1-3-5-6-7-16(19-4-2)12-14-11-15(18)10-13-8-9-20-17(13)14/h10-11,16,19H,3-9,12H2,1-2H3. The number of fused-ring (bicyclic) bond motifs is 1. The molecule has 1 unspecified atom stereocenters. The third-order valence-electron chi connectivity index (χ3n) is 3.94. The first kappa shape index (κ1) is 15.7. The molecule has 1 N–H and O–H groups in total. The SMILES string of the molecule is CCCCCC(Cc1cc(Cl)cc2c1OCC2)NCC. The van der Waals surface area contributed by atoms with E-state index in [4.69, 9.17) is 16.3 Å². The second-order valence-corrected chi connectivity index (χ2v) is 6.04. The van der Waals surface area contributed by atoms with E-state index in [-0.39, 0.29) is 0 Å². The molecular weight excluding hydrogens is 270 g/mol. The van der Waals surface area contributed by atoms with Gasteiger partial charge in [0, 0.05) is 17.5 Å². The normalized spacial score (nSPS) is 14.9. The number of benzene rings is 1. The monoisotopic (exact) mass is 295 g/mol. The van der Waals surface area contributed by atoms with Crippen molar-refractivity contribution < 1.29 is 4.74 Å². The molecule has 112 valence electrons. The number of halogens is 1. The highest BCUT2D eigenvalue weighted by Gasteiger charge is 2.19. The van der Waals surface area contributed by atoms with E-state index in [1.807, 2.05) is 6.07 Å². The van der Waals surface area contributed by atoms with Crippen LogP contribution >= 0.6 is 11.6 Å². The van der Waals surface area contributed by atoms with Gasteiger partial charge in [-0.3, -0.25) is 0 Å². The van der Waals surface area contributed by atoms with Gasteiger partial charge in [-0.25, -0.2) is 0 Å². The molecule has 0 saturated carbocycles. The lowest BCUT2D eigenvalue weighted by molar-refractivity contribution is 0.350. The molecule has 1 aromatic rings. The molecule has 0 spiro atoms. The van der Waals surface area contributed by atoms with Crippen molar-refractivity contribution in [3.05, 3.63) is 28.3 Å². The van der Waals surface area contributed by atoms with Crippen LogP contribution in [-0.4, -0.2) is 19.2 Å². The molecular formula is C17H26ClNO. The Morgan fingerprint density at radius 1 is 1.30 bits per heavy atom. The first-order valence-corrected chi connectivity index (χ1v) is 8.29. The van der Waals surface area contributed by atoms with Crippen LogP contribution in [0.3, 0.4) is 0 Å². The Morgan fingerprint density at radius 3 is 2.90 bits per heavy atom. The fraction of sp³-hybridized carbons (Fsp3) is 0.647. The van der Waals surface area contributed by atoms with E-state index in [2.05, 4.69) is 25.2 Å². The Kier molecular flexibility index (Phi) is 6.18. The summed E-state index contributed by atoms with van der Waals surface area (Å²) < 4.78 is 5.80. The maximum Gasteiger partial charge on any atom is 0.125 e. The topological polar surface area (TPSA) is 21.3 Å². The highest BCUT2D eigenvalue weighted by Crippen LogP contribution is 2.33. The number of likely N-dealkylation sites (N-methyl/N-ethyl adjacent to an activating group) is 1. The van der Waals surface area contributed by atoms with Crippen LogP contribution in [0.25, 0.3) is 0 Å². The Morgan fingerprint density at radius 2 is 2.15 bits per heavy atom. The van der Waals surface area contributed by atoms with Crippen LogP contribution in [-0.2, 0) is 12.8 Å². The van der Waals surface area contributed by atoms with Crippen LogP contribution in [0.5, 0.6) is 5.75 Å². The molecule has 2 rings (SSSR count). The van der Waals surface area contributed by atoms with Gasteiger partial charge in [0.05, 0.1) is 6.61 Å². The lowest BCUT2D eigenvalue weighted by Gasteiger charge is -2.19. The van der Waals surface area contributed by atoms with Gasteiger partial charge in [0.1, 0.15) is 5.75 Å². The van der Waals surface area contributed by atoms with Gasteiger partial charge in [0.15, 0.2) is 0 Å². The molecule has 1 aromatic carbocycles. The minimum atomic E-state index is 0.526. The molecule has 0 bridgehead atoms. The van der Waals surface area contributed by atoms with Crippen molar-refractivity contribution in [1.82, 2.24) is 5.32 Å². The Labute approximate surface area is 127 Å². The third-order valence-corrected chi connectivity index (χ3v) is 4.16. The van der Waals surface area contributed by atoms with Crippen molar-refractivity contribution >= 4 is 11.6 Å². The maximum atomic E-state index is 6.24. The van der Waals surface area contributed by atoms with Gasteiger partial charge in [-0.1, -0.05) is 44.7 Å². The van der Waals surface area contributed by atoms with Crippen LogP contribution in [0.4, 0.5) is 0 Å². The van der Waals surface area contributed by atoms with Crippen LogP contribution in [0.2, 0.25) is 5.02 Å². The Balaban J connectivity index is 2.06. The lowest BCUT2D eigenvalue weighted by atomic mass is 9.98. The molecule has 1 atom stereocenters. The molecule has 2 nitrogen and oxygen atoms in total. The van der Waals surface area contributed by atoms with Crippen molar-refractivity contribution in [2.45, 2.75) is 58.4 Å². The molecule has 1 aliphatic rings. The molecule has 0 aliphatic carbocycles. The highest BCUT2D eigenvalue weighted by molar-refractivity contribution is 6.30. The average molecular weight is 296 g/mol. The largest absolute Gasteiger partial charge is 0.493 e. The number of ether oxygens (including phenoxy) is 1. The fourth-order valence-corrected chi connectivity index (χ4v) is 3.23. The molecule has 0 radical (unpaired) electrons. The molecule has 0 fully saturated rings. The summed E-state index contributed by atoms with van der Waals surface area (Å²) in [6.45, 7) is 6.23. The Hall–Kier alpha value is -0.730. The minimum Gasteiger partial charge on any atom is -0.493 e. The molecule has 3 heteroatoms. The quantitative estimate of drug-likeness (QED) is 0.719. The number of unbranched alkanes of at least 4 members (excludes halogenated alkanes) is 2. The maximum absolute atomic E-state index is 6.24. The molecule has 0 aromatic heterocycles. The highest BCUT2D eigenvalue weighted by atomic mass is 35.5. The first-order chi connectivity index (χ1) is 9.74. The van der Waals surface area contributed by atoms with Gasteiger partial charge in [-0.2, -0.15) is 0 Å². The van der Waals surface area contributed by atoms with Crippen molar-refractivity contribution in [3.8, 4) is 5.75 Å². The van der Waals surface area contributed by atoms with Gasteiger partial charge in [0.2, 0.25) is 0 Å². The zero-order chi connectivity index (χ0) is 14.4. The van der Waals surface area contributed by atoms with Crippen LogP contribution in [0, 0.1) is 0 Å². The summed E-state index contributed by atoms with van der Waals surface area (Å²) in [6, 6.07) is 4.65. The van der Waals surface area contributed by atoms with Crippen LogP contribution in [0.1, 0.15) is 50.7 Å². The summed E-state index contributed by atoms with van der Waals surface area (Å²) in [6.07, 6.45) is 7.10. The number of hydrogen-bond acceptors (Lipinski definition) is 2. The van der Waals surface area contributed by atoms with Crippen molar-refractivity contribution in [1.29, 1.82) is 0 Å². The zero-order valence-electron chi connectivity index (χ0n) is 12.7. The smallest absolute Gasteiger partial charge is 0.125 e. The number of hydrogen-bond donors (Lipinski definition) is 1. The molecule has 20 heavy (non-hydrogen) atoms. The van der Waals surface area contributed by atoms with Crippen molar-refractivity contribution in [2.24, 2.45) is 0 Å². The molecule has 1 heterocycles. The van der Waals surface area contributed by atoms with Gasteiger partial charge in [-0.15, -0.1) is 0 Å². The first-order valence-electron chi connectivity index (χ1n) is 7.92. The molecule has 0 saturated heterocycles. The van der Waals surface area contributed by atoms with Gasteiger partial charge >= 0.3 is 0 Å². The summed E-state index contributed by atoms with van der Waals surface area (Å²) >= 11 is 6.24. The van der Waals surface area contributed by atoms with Gasteiger partial charge in [-0.05, 0) is 42.6 Å². The summed E-state index contributed by atoms with van der Waals surface area (Å²) in [5, 5.41) is 4.44. The second kappa shape index (κ2) is 7.90. The number of nitrogens with one attached hydrogen (secondary N) is 1. The van der Waals surface area contributed by atoms with Crippen LogP contribution in [0.15, 0.2) is 12.1 Å². The van der Waals surface area contributed by atoms with E-state index in [0.29, 0.717) is 6.04 Å². The molecule has 1 aliphatic heterocycles. The van der Waals surface area contributed by atoms with Crippen molar-refractivity contribution in [3.63, 3.8) is 0 Å². The Bertz CT molecular complexity index is 433. The third kappa shape index (κ3) is 4.13. The second-order valence-electron chi connectivity index (χ2n) is 5.61. The predicted octanol–water partition coefficient (Wildman–Crippen LogP) is 4.38. The summed E-state index contributed by atoms with van der Waals surface area (Å²) in [7, 11) is 0. The van der Waals surface area contributed by atoms with Gasteiger partial charge < -0.3 is 10.1 Å². The summed E-state index contributed by atoms with van der Waals surface area (Å²) in [4.78, 5) is 0. The van der Waals surface area contributed by atoms with E-state index in [9.17, 15) is 0 Å². The summed E-state index contributed by atoms with van der Waals surface area (Å²) in [5.74, 6) is 1.09. The van der Waals surface area contributed by atoms with E-state index in [0.717, 1.165) is 36.8 Å². The summed E-state index contributed by atoms with van der Waals surface area (Å²) in [5.41, 5.74) is 2.55.